The molecule has 1 aromatic heterocycles. The molecule has 0 aliphatic carbocycles. The van der Waals surface area contributed by atoms with Crippen LogP contribution in [0.15, 0.2) is 30.5 Å². The maximum Gasteiger partial charge on any atom is 0.257 e. The second kappa shape index (κ2) is 6.49. The van der Waals surface area contributed by atoms with Crippen molar-refractivity contribution in [2.45, 2.75) is 6.92 Å². The molecule has 0 saturated heterocycles. The predicted molar refractivity (Wildman–Crippen MR) is 79.1 cm³/mol. The summed E-state index contributed by atoms with van der Waals surface area (Å²) in [6, 6.07) is 6.01. The number of amides is 1. The fourth-order valence-electron chi connectivity index (χ4n) is 2.05. The van der Waals surface area contributed by atoms with Crippen LogP contribution in [0.2, 0.25) is 0 Å². The smallest absolute Gasteiger partial charge is 0.257 e. The van der Waals surface area contributed by atoms with E-state index in [9.17, 15) is 9.18 Å². The number of likely N-dealkylation sites (N-methyl/N-ethyl adjacent to an activating group) is 2. The topological polar surface area (TPSA) is 50.2 Å². The van der Waals surface area contributed by atoms with Crippen molar-refractivity contribution in [3.63, 3.8) is 0 Å². The van der Waals surface area contributed by atoms with E-state index in [1.165, 1.54) is 12.1 Å². The molecule has 0 atom stereocenters. The van der Waals surface area contributed by atoms with Gasteiger partial charge < -0.3 is 10.2 Å². The first-order valence-corrected chi connectivity index (χ1v) is 6.75. The lowest BCUT2D eigenvalue weighted by atomic mass is 10.2. The summed E-state index contributed by atoms with van der Waals surface area (Å²) in [5.74, 6) is -0.372. The number of carbonyl (C=O) groups is 1. The van der Waals surface area contributed by atoms with Gasteiger partial charge in [0.15, 0.2) is 0 Å². The molecule has 1 amide bonds. The Morgan fingerprint density at radius 3 is 2.67 bits per heavy atom. The van der Waals surface area contributed by atoms with E-state index in [0.29, 0.717) is 12.1 Å². The van der Waals surface area contributed by atoms with Gasteiger partial charge in [0.25, 0.3) is 5.91 Å². The van der Waals surface area contributed by atoms with Crippen LogP contribution in [0.4, 0.5) is 4.39 Å². The SMILES string of the molecule is CNCCN(C)C(=O)c1cnn(-c2ccc(F)cc2)c1C. The fraction of sp³-hybridized carbons (Fsp3) is 0.333. The summed E-state index contributed by atoms with van der Waals surface area (Å²) in [6.07, 6.45) is 1.55. The highest BCUT2D eigenvalue weighted by Crippen LogP contribution is 2.15. The number of carbonyl (C=O) groups excluding carboxylic acids is 1. The van der Waals surface area contributed by atoms with E-state index in [1.54, 1.807) is 35.0 Å². The quantitative estimate of drug-likeness (QED) is 0.910. The van der Waals surface area contributed by atoms with Crippen LogP contribution in [0.1, 0.15) is 16.1 Å². The average molecular weight is 290 g/mol. The third-order valence-electron chi connectivity index (χ3n) is 3.36. The summed E-state index contributed by atoms with van der Waals surface area (Å²) < 4.78 is 14.6. The first-order valence-electron chi connectivity index (χ1n) is 6.75. The number of hydrogen-bond acceptors (Lipinski definition) is 3. The Kier molecular flexibility index (Phi) is 4.70. The minimum Gasteiger partial charge on any atom is -0.340 e. The Morgan fingerprint density at radius 1 is 1.38 bits per heavy atom. The second-order valence-electron chi connectivity index (χ2n) is 4.86. The summed E-state index contributed by atoms with van der Waals surface area (Å²) in [5.41, 5.74) is 2.02. The van der Waals surface area contributed by atoms with Crippen LogP contribution >= 0.6 is 0 Å². The van der Waals surface area contributed by atoms with E-state index in [4.69, 9.17) is 0 Å². The zero-order valence-corrected chi connectivity index (χ0v) is 12.4. The van der Waals surface area contributed by atoms with Gasteiger partial charge in [-0.1, -0.05) is 0 Å². The minimum atomic E-state index is -0.299. The van der Waals surface area contributed by atoms with Crippen molar-refractivity contribution in [3.05, 3.63) is 47.5 Å². The van der Waals surface area contributed by atoms with Crippen LogP contribution in [0.3, 0.4) is 0 Å². The molecule has 21 heavy (non-hydrogen) atoms. The molecule has 1 aromatic carbocycles. The number of hydrogen-bond donors (Lipinski definition) is 1. The maximum absolute atomic E-state index is 13.0. The molecule has 0 aliphatic rings. The summed E-state index contributed by atoms with van der Waals surface area (Å²) in [6.45, 7) is 3.18. The molecule has 0 unspecified atom stereocenters. The Hall–Kier alpha value is -2.21. The Bertz CT molecular complexity index is 621. The van der Waals surface area contributed by atoms with E-state index in [-0.39, 0.29) is 11.7 Å². The zero-order chi connectivity index (χ0) is 15.4. The molecule has 0 aliphatic heterocycles. The molecular formula is C15H19FN4O. The van der Waals surface area contributed by atoms with Crippen LogP contribution in [0.25, 0.3) is 5.69 Å². The Balaban J connectivity index is 2.24. The second-order valence-corrected chi connectivity index (χ2v) is 4.86. The molecule has 0 fully saturated rings. The number of nitrogens with zero attached hydrogens (tertiary/aromatic N) is 3. The van der Waals surface area contributed by atoms with Gasteiger partial charge in [0, 0.05) is 20.1 Å². The van der Waals surface area contributed by atoms with Crippen molar-refractivity contribution in [3.8, 4) is 5.69 Å². The molecule has 6 heteroatoms. The molecular weight excluding hydrogens is 271 g/mol. The predicted octanol–water partition coefficient (Wildman–Crippen LogP) is 1.61. The molecule has 0 radical (unpaired) electrons. The van der Waals surface area contributed by atoms with Gasteiger partial charge in [-0.3, -0.25) is 4.79 Å². The van der Waals surface area contributed by atoms with Gasteiger partial charge in [-0.2, -0.15) is 5.10 Å². The van der Waals surface area contributed by atoms with Gasteiger partial charge in [0.2, 0.25) is 0 Å². The lowest BCUT2D eigenvalue weighted by Gasteiger charge is -2.16. The molecule has 0 bridgehead atoms. The van der Waals surface area contributed by atoms with E-state index in [2.05, 4.69) is 10.4 Å². The largest absolute Gasteiger partial charge is 0.340 e. The van der Waals surface area contributed by atoms with Crippen LogP contribution in [0, 0.1) is 12.7 Å². The van der Waals surface area contributed by atoms with Crippen LogP contribution in [-0.4, -0.2) is 47.8 Å². The average Bonchev–Trinajstić information content (AvgIpc) is 2.86. The van der Waals surface area contributed by atoms with Gasteiger partial charge in [-0.05, 0) is 38.2 Å². The minimum absolute atomic E-state index is 0.0730. The number of halogens is 1. The molecule has 5 nitrogen and oxygen atoms in total. The van der Waals surface area contributed by atoms with E-state index in [1.807, 2.05) is 14.0 Å². The molecule has 1 N–H and O–H groups in total. The summed E-state index contributed by atoms with van der Waals surface area (Å²) in [5, 5.41) is 7.24. The monoisotopic (exact) mass is 290 g/mol. The number of benzene rings is 1. The lowest BCUT2D eigenvalue weighted by molar-refractivity contribution is 0.0796. The van der Waals surface area contributed by atoms with Crippen molar-refractivity contribution >= 4 is 5.91 Å². The van der Waals surface area contributed by atoms with Gasteiger partial charge in [0.1, 0.15) is 5.82 Å². The summed E-state index contributed by atoms with van der Waals surface area (Å²) >= 11 is 0. The molecule has 0 spiro atoms. The van der Waals surface area contributed by atoms with Crippen LogP contribution < -0.4 is 5.32 Å². The number of rotatable bonds is 5. The van der Waals surface area contributed by atoms with E-state index in [0.717, 1.165) is 17.9 Å². The van der Waals surface area contributed by atoms with E-state index < -0.39 is 0 Å². The maximum atomic E-state index is 13.0. The zero-order valence-electron chi connectivity index (χ0n) is 12.4. The van der Waals surface area contributed by atoms with Crippen molar-refractivity contribution < 1.29 is 9.18 Å². The van der Waals surface area contributed by atoms with Crippen molar-refractivity contribution in [2.24, 2.45) is 0 Å². The van der Waals surface area contributed by atoms with Gasteiger partial charge in [0.05, 0.1) is 23.1 Å². The van der Waals surface area contributed by atoms with E-state index >= 15 is 0 Å². The number of nitrogens with one attached hydrogen (secondary N) is 1. The van der Waals surface area contributed by atoms with Crippen LogP contribution in [0.5, 0.6) is 0 Å². The van der Waals surface area contributed by atoms with Gasteiger partial charge >= 0.3 is 0 Å². The third kappa shape index (κ3) is 3.28. The Morgan fingerprint density at radius 2 is 2.05 bits per heavy atom. The van der Waals surface area contributed by atoms with Crippen molar-refractivity contribution in [1.29, 1.82) is 0 Å². The van der Waals surface area contributed by atoms with Crippen LogP contribution in [-0.2, 0) is 0 Å². The molecule has 1 heterocycles. The van der Waals surface area contributed by atoms with Gasteiger partial charge in [-0.25, -0.2) is 9.07 Å². The highest BCUT2D eigenvalue weighted by molar-refractivity contribution is 5.95. The summed E-state index contributed by atoms with van der Waals surface area (Å²) in [4.78, 5) is 14.0. The molecule has 2 aromatic rings. The Labute approximate surface area is 123 Å². The summed E-state index contributed by atoms with van der Waals surface area (Å²) in [7, 11) is 3.60. The fourth-order valence-corrected chi connectivity index (χ4v) is 2.05. The lowest BCUT2D eigenvalue weighted by Crippen LogP contribution is -2.33. The van der Waals surface area contributed by atoms with Gasteiger partial charge in [-0.15, -0.1) is 0 Å². The highest BCUT2D eigenvalue weighted by Gasteiger charge is 2.18. The van der Waals surface area contributed by atoms with Crippen molar-refractivity contribution in [2.75, 3.05) is 27.2 Å². The highest BCUT2D eigenvalue weighted by atomic mass is 19.1. The molecule has 2 rings (SSSR count). The first kappa shape index (κ1) is 15.2. The molecule has 0 saturated carbocycles. The first-order chi connectivity index (χ1) is 10.0. The van der Waals surface area contributed by atoms with Crippen molar-refractivity contribution in [1.82, 2.24) is 20.0 Å². The normalized spacial score (nSPS) is 10.7. The third-order valence-corrected chi connectivity index (χ3v) is 3.36. The standard InChI is InChI=1S/C15H19FN4O/c1-11-14(15(21)19(3)9-8-17-2)10-18-20(11)13-6-4-12(16)5-7-13/h4-7,10,17H,8-9H2,1-3H3. The molecule has 112 valence electrons. The number of aromatic nitrogens is 2.